The zero-order valence-corrected chi connectivity index (χ0v) is 19.3. The highest BCUT2D eigenvalue weighted by Crippen LogP contribution is 2.32. The van der Waals surface area contributed by atoms with Crippen molar-refractivity contribution in [1.29, 1.82) is 0 Å². The van der Waals surface area contributed by atoms with Gasteiger partial charge >= 0.3 is 6.03 Å². The second-order valence-electron chi connectivity index (χ2n) is 6.33. The van der Waals surface area contributed by atoms with E-state index in [0.717, 1.165) is 32.6 Å². The highest BCUT2D eigenvalue weighted by molar-refractivity contribution is 7.98. The summed E-state index contributed by atoms with van der Waals surface area (Å²) < 4.78 is 0. The van der Waals surface area contributed by atoms with Gasteiger partial charge < -0.3 is 0 Å². The van der Waals surface area contributed by atoms with Crippen molar-refractivity contribution < 1.29 is 4.79 Å². The van der Waals surface area contributed by atoms with Gasteiger partial charge in [0.25, 0.3) is 0 Å². The largest absolute Gasteiger partial charge is 0.324 e. The van der Waals surface area contributed by atoms with E-state index < -0.39 is 0 Å². The van der Waals surface area contributed by atoms with Crippen molar-refractivity contribution in [2.45, 2.75) is 21.3 Å². The second kappa shape index (κ2) is 10.7. The van der Waals surface area contributed by atoms with Gasteiger partial charge in [-0.1, -0.05) is 36.4 Å². The van der Waals surface area contributed by atoms with Crippen LogP contribution in [0.3, 0.4) is 0 Å². The molecule has 0 aliphatic carbocycles. The Morgan fingerprint density at radius 2 is 1.10 bits per heavy atom. The molecule has 2 aromatic heterocycles. The van der Waals surface area contributed by atoms with E-state index in [1.165, 1.54) is 9.79 Å². The lowest BCUT2D eigenvalue weighted by Gasteiger charge is -2.09. The quantitative estimate of drug-likeness (QED) is 0.257. The van der Waals surface area contributed by atoms with Gasteiger partial charge in [0.15, 0.2) is 0 Å². The Balaban J connectivity index is 1.32. The van der Waals surface area contributed by atoms with Gasteiger partial charge in [0.2, 0.25) is 0 Å². The van der Waals surface area contributed by atoms with E-state index in [0.29, 0.717) is 0 Å². The Morgan fingerprint density at radius 1 is 0.667 bits per heavy atom. The smallest absolute Gasteiger partial charge is 0.299 e. The summed E-state index contributed by atoms with van der Waals surface area (Å²) in [5.74, 6) is 1.64. The number of thiophene rings is 2. The fraction of sp³-hybridized carbons (Fsp3) is 0.0870. The summed E-state index contributed by atoms with van der Waals surface area (Å²) >= 11 is 6.63. The molecule has 30 heavy (non-hydrogen) atoms. The lowest BCUT2D eigenvalue weighted by atomic mass is 10.3. The van der Waals surface area contributed by atoms with Crippen molar-refractivity contribution in [2.24, 2.45) is 0 Å². The first-order chi connectivity index (χ1) is 14.8. The van der Waals surface area contributed by atoms with Crippen LogP contribution in [0.4, 0.5) is 14.8 Å². The van der Waals surface area contributed by atoms with Crippen LogP contribution in [0.15, 0.2) is 93.3 Å². The van der Waals surface area contributed by atoms with E-state index in [9.17, 15) is 4.79 Å². The summed E-state index contributed by atoms with van der Waals surface area (Å²) in [7, 11) is 0. The van der Waals surface area contributed by atoms with Gasteiger partial charge in [-0.15, -0.1) is 46.2 Å². The molecule has 2 N–H and O–H groups in total. The minimum atomic E-state index is -0.197. The third-order valence-corrected chi connectivity index (χ3v) is 8.09. The minimum absolute atomic E-state index is 0.197. The Hall–Kier alpha value is -2.19. The molecular weight excluding hydrogens is 449 g/mol. The molecule has 2 aromatic carbocycles. The number of hydrogen-bond acceptors (Lipinski definition) is 5. The van der Waals surface area contributed by atoms with Crippen LogP contribution in [-0.2, 0) is 11.5 Å². The van der Waals surface area contributed by atoms with E-state index in [1.807, 2.05) is 47.2 Å². The number of hydrogen-bond donors (Lipinski definition) is 2. The molecule has 4 aromatic rings. The lowest BCUT2D eigenvalue weighted by Crippen LogP contribution is -2.19. The summed E-state index contributed by atoms with van der Waals surface area (Å²) in [5, 5.41) is 11.9. The number of anilines is 2. The van der Waals surface area contributed by atoms with Crippen molar-refractivity contribution in [3.05, 3.63) is 94.7 Å². The molecule has 0 unspecified atom stereocenters. The zero-order chi connectivity index (χ0) is 20.6. The molecule has 0 aliphatic rings. The average Bonchev–Trinajstić information content (AvgIpc) is 3.41. The lowest BCUT2D eigenvalue weighted by molar-refractivity contribution is 0.262. The Bertz CT molecular complexity index is 991. The number of thioether (sulfide) groups is 2. The first-order valence-corrected chi connectivity index (χ1v) is 13.1. The normalized spacial score (nSPS) is 10.7. The Labute approximate surface area is 192 Å². The maximum absolute atomic E-state index is 12.6. The third kappa shape index (κ3) is 5.92. The Kier molecular flexibility index (Phi) is 7.53. The number of carbonyl (C=O) groups is 1. The van der Waals surface area contributed by atoms with Crippen molar-refractivity contribution >= 4 is 62.2 Å². The topological polar surface area (TPSA) is 41.1 Å². The predicted octanol–water partition coefficient (Wildman–Crippen LogP) is 8.04. The molecular formula is C23H20N2OS4. The highest BCUT2D eigenvalue weighted by atomic mass is 32.2. The molecule has 0 saturated carbocycles. The summed E-state index contributed by atoms with van der Waals surface area (Å²) in [6, 6.07) is 24.5. The molecule has 0 spiro atoms. The standard InChI is InChI=1S/C23H20N2OS4/c26-23(24-21-17(11-13-27-21)15-29-19-7-3-1-4-8-19)25-22-18(12-14-28-22)16-30-20-9-5-2-6-10-20/h1-14H,15-16H2,(H2,24,25,26). The second-order valence-corrected chi connectivity index (χ2v) is 10.3. The number of amides is 2. The van der Waals surface area contributed by atoms with E-state index in [1.54, 1.807) is 46.2 Å². The fourth-order valence-electron chi connectivity index (χ4n) is 2.71. The van der Waals surface area contributed by atoms with Crippen molar-refractivity contribution in [3.63, 3.8) is 0 Å². The predicted molar refractivity (Wildman–Crippen MR) is 133 cm³/mol. The van der Waals surface area contributed by atoms with Gasteiger partial charge in [0.1, 0.15) is 10.0 Å². The number of carbonyl (C=O) groups excluding carboxylic acids is 1. The van der Waals surface area contributed by atoms with Crippen LogP contribution >= 0.6 is 46.2 Å². The van der Waals surface area contributed by atoms with E-state index >= 15 is 0 Å². The molecule has 0 aliphatic heterocycles. The SMILES string of the molecule is O=C(Nc1sccc1CSc1ccccc1)Nc1sccc1CSc1ccccc1. The number of rotatable bonds is 8. The van der Waals surface area contributed by atoms with Gasteiger partial charge in [0, 0.05) is 21.3 Å². The van der Waals surface area contributed by atoms with Crippen LogP contribution in [0.25, 0.3) is 0 Å². The van der Waals surface area contributed by atoms with Crippen molar-refractivity contribution in [3.8, 4) is 0 Å². The van der Waals surface area contributed by atoms with Crippen LogP contribution < -0.4 is 10.6 Å². The van der Waals surface area contributed by atoms with Gasteiger partial charge in [0.05, 0.1) is 0 Å². The first-order valence-electron chi connectivity index (χ1n) is 9.34. The van der Waals surface area contributed by atoms with Crippen LogP contribution in [0.1, 0.15) is 11.1 Å². The minimum Gasteiger partial charge on any atom is -0.299 e. The number of benzene rings is 2. The summed E-state index contributed by atoms with van der Waals surface area (Å²) in [5.41, 5.74) is 2.27. The maximum atomic E-state index is 12.6. The summed E-state index contributed by atoms with van der Waals surface area (Å²) in [4.78, 5) is 15.0. The average molecular weight is 469 g/mol. The number of nitrogens with one attached hydrogen (secondary N) is 2. The van der Waals surface area contributed by atoms with Crippen LogP contribution in [-0.4, -0.2) is 6.03 Å². The van der Waals surface area contributed by atoms with E-state index in [-0.39, 0.29) is 6.03 Å². The van der Waals surface area contributed by atoms with E-state index in [2.05, 4.69) is 47.0 Å². The third-order valence-electron chi connectivity index (χ3n) is 4.22. The van der Waals surface area contributed by atoms with E-state index in [4.69, 9.17) is 0 Å². The molecule has 152 valence electrons. The van der Waals surface area contributed by atoms with Crippen molar-refractivity contribution in [2.75, 3.05) is 10.6 Å². The molecule has 4 rings (SSSR count). The molecule has 3 nitrogen and oxygen atoms in total. The molecule has 2 amide bonds. The van der Waals surface area contributed by atoms with Gasteiger partial charge in [-0.05, 0) is 58.3 Å². The molecule has 2 heterocycles. The zero-order valence-electron chi connectivity index (χ0n) is 16.0. The Morgan fingerprint density at radius 3 is 1.53 bits per heavy atom. The van der Waals surface area contributed by atoms with Crippen molar-refractivity contribution in [1.82, 2.24) is 0 Å². The van der Waals surface area contributed by atoms with Crippen LogP contribution in [0.2, 0.25) is 0 Å². The monoisotopic (exact) mass is 468 g/mol. The van der Waals surface area contributed by atoms with Crippen LogP contribution in [0.5, 0.6) is 0 Å². The molecule has 0 radical (unpaired) electrons. The van der Waals surface area contributed by atoms with Gasteiger partial charge in [-0.3, -0.25) is 10.6 Å². The van der Waals surface area contributed by atoms with Gasteiger partial charge in [-0.25, -0.2) is 4.79 Å². The van der Waals surface area contributed by atoms with Gasteiger partial charge in [-0.2, -0.15) is 0 Å². The molecule has 7 heteroatoms. The summed E-state index contributed by atoms with van der Waals surface area (Å²) in [6.07, 6.45) is 0. The fourth-order valence-corrected chi connectivity index (χ4v) is 6.34. The first kappa shape index (κ1) is 21.1. The van der Waals surface area contributed by atoms with Crippen LogP contribution in [0, 0.1) is 0 Å². The molecule has 0 fully saturated rings. The maximum Gasteiger partial charge on any atom is 0.324 e. The number of urea groups is 1. The summed E-state index contributed by atoms with van der Waals surface area (Å²) in [6.45, 7) is 0. The highest BCUT2D eigenvalue weighted by Gasteiger charge is 2.12. The molecule has 0 atom stereocenters. The molecule has 0 saturated heterocycles. The molecule has 0 bridgehead atoms.